The second-order valence-electron chi connectivity index (χ2n) is 9.80. The van der Waals surface area contributed by atoms with Crippen LogP contribution in [0.5, 0.6) is 5.75 Å². The number of halogens is 3. The van der Waals surface area contributed by atoms with Crippen molar-refractivity contribution in [3.63, 3.8) is 0 Å². The van der Waals surface area contributed by atoms with Gasteiger partial charge in [-0.25, -0.2) is 4.79 Å². The van der Waals surface area contributed by atoms with E-state index >= 15 is 0 Å². The molecule has 45 heavy (non-hydrogen) atoms. The highest BCUT2D eigenvalue weighted by atomic mass is 32.2. The molecular weight excluding hydrogens is 605 g/mol. The SMILES string of the molecule is O=C(N[C@@H](CSCc1ccccc1)C(=O)O)/C(=C\c1cccc(OCc2ccccc2)c1)NC(=O)c1ccc(C(F)(F)F)cc1. The fourth-order valence-corrected chi connectivity index (χ4v) is 5.05. The second kappa shape index (κ2) is 15.6. The Morgan fingerprint density at radius 1 is 0.844 bits per heavy atom. The molecule has 0 radical (unpaired) electrons. The third-order valence-corrected chi connectivity index (χ3v) is 7.49. The largest absolute Gasteiger partial charge is 0.489 e. The van der Waals surface area contributed by atoms with Gasteiger partial charge >= 0.3 is 12.1 Å². The Balaban J connectivity index is 1.54. The van der Waals surface area contributed by atoms with E-state index in [1.54, 1.807) is 24.3 Å². The Labute approximate surface area is 262 Å². The van der Waals surface area contributed by atoms with Crippen LogP contribution in [0.25, 0.3) is 6.08 Å². The maximum absolute atomic E-state index is 13.4. The van der Waals surface area contributed by atoms with Gasteiger partial charge in [-0.2, -0.15) is 24.9 Å². The number of benzene rings is 4. The van der Waals surface area contributed by atoms with Gasteiger partial charge < -0.3 is 20.5 Å². The van der Waals surface area contributed by atoms with E-state index in [4.69, 9.17) is 4.74 Å². The lowest BCUT2D eigenvalue weighted by Gasteiger charge is -2.17. The van der Waals surface area contributed by atoms with Crippen molar-refractivity contribution < 1.29 is 37.4 Å². The monoisotopic (exact) mass is 634 g/mol. The van der Waals surface area contributed by atoms with Crippen LogP contribution in [-0.4, -0.2) is 34.7 Å². The smallest absolute Gasteiger partial charge is 0.416 e. The molecule has 0 unspecified atom stereocenters. The highest BCUT2D eigenvalue weighted by Gasteiger charge is 2.30. The molecule has 3 N–H and O–H groups in total. The molecule has 4 aromatic rings. The van der Waals surface area contributed by atoms with Gasteiger partial charge in [-0.1, -0.05) is 72.8 Å². The van der Waals surface area contributed by atoms with Crippen LogP contribution in [0.3, 0.4) is 0 Å². The molecule has 0 aliphatic carbocycles. The van der Waals surface area contributed by atoms with Gasteiger partial charge in [0.25, 0.3) is 11.8 Å². The van der Waals surface area contributed by atoms with Gasteiger partial charge in [0, 0.05) is 17.1 Å². The molecule has 4 aromatic carbocycles. The predicted octanol–water partition coefficient (Wildman–Crippen LogP) is 6.56. The zero-order valence-corrected chi connectivity index (χ0v) is 24.6. The standard InChI is InChI=1S/C34H29F3N2O5S/c35-34(36,37)27-16-14-26(15-17-27)31(40)38-29(19-25-12-7-13-28(18-25)44-20-23-8-3-1-4-9-23)32(41)39-30(33(42)43)22-45-21-24-10-5-2-6-11-24/h1-19,30H,20-22H2,(H,38,40)(H,39,41)(H,42,43)/b29-19+/t30-/m0/s1. The van der Waals surface area contributed by atoms with Crippen LogP contribution in [0.15, 0.2) is 115 Å². The maximum Gasteiger partial charge on any atom is 0.416 e. The molecule has 4 rings (SSSR count). The summed E-state index contributed by atoms with van der Waals surface area (Å²) >= 11 is 1.31. The minimum atomic E-state index is -4.59. The van der Waals surface area contributed by atoms with Crippen LogP contribution in [0.4, 0.5) is 13.2 Å². The Morgan fingerprint density at radius 3 is 2.11 bits per heavy atom. The van der Waals surface area contributed by atoms with Crippen molar-refractivity contribution in [2.24, 2.45) is 0 Å². The number of alkyl halides is 3. The quantitative estimate of drug-likeness (QED) is 0.144. The van der Waals surface area contributed by atoms with Crippen LogP contribution < -0.4 is 15.4 Å². The normalized spacial score (nSPS) is 12.2. The lowest BCUT2D eigenvalue weighted by molar-refractivity contribution is -0.140. The molecule has 11 heteroatoms. The maximum atomic E-state index is 13.4. The Kier molecular flexibility index (Phi) is 11.4. The highest BCUT2D eigenvalue weighted by Crippen LogP contribution is 2.29. The van der Waals surface area contributed by atoms with Crippen molar-refractivity contribution in [3.8, 4) is 5.75 Å². The van der Waals surface area contributed by atoms with E-state index in [-0.39, 0.29) is 23.6 Å². The van der Waals surface area contributed by atoms with Gasteiger partial charge in [0.05, 0.1) is 5.56 Å². The fraction of sp³-hybridized carbons (Fsp3) is 0.147. The summed E-state index contributed by atoms with van der Waals surface area (Å²) < 4.78 is 44.9. The number of rotatable bonds is 13. The summed E-state index contributed by atoms with van der Waals surface area (Å²) in [5.74, 6) is -1.98. The number of hydrogen-bond donors (Lipinski definition) is 3. The molecule has 0 aliphatic heterocycles. The number of amides is 2. The van der Waals surface area contributed by atoms with Crippen molar-refractivity contribution in [2.45, 2.75) is 24.6 Å². The molecule has 0 spiro atoms. The first-order valence-electron chi connectivity index (χ1n) is 13.7. The molecule has 0 fully saturated rings. The molecule has 0 saturated carbocycles. The molecule has 0 saturated heterocycles. The predicted molar refractivity (Wildman–Crippen MR) is 166 cm³/mol. The zero-order chi connectivity index (χ0) is 32.2. The summed E-state index contributed by atoms with van der Waals surface area (Å²) in [7, 11) is 0. The van der Waals surface area contributed by atoms with Crippen LogP contribution >= 0.6 is 11.8 Å². The molecule has 0 aromatic heterocycles. The van der Waals surface area contributed by atoms with Crippen molar-refractivity contribution in [1.82, 2.24) is 10.6 Å². The lowest BCUT2D eigenvalue weighted by Crippen LogP contribution is -2.45. The molecule has 0 heterocycles. The number of carbonyl (C=O) groups is 3. The van der Waals surface area contributed by atoms with E-state index in [9.17, 15) is 32.7 Å². The molecular formula is C34H29F3N2O5S. The second-order valence-corrected chi connectivity index (χ2v) is 10.8. The summed E-state index contributed by atoms with van der Waals surface area (Å²) in [5.41, 5.74) is 0.999. The first kappa shape index (κ1) is 32.9. The van der Waals surface area contributed by atoms with Crippen molar-refractivity contribution in [3.05, 3.63) is 143 Å². The molecule has 0 bridgehead atoms. The lowest BCUT2D eigenvalue weighted by atomic mass is 10.1. The summed E-state index contributed by atoms with van der Waals surface area (Å²) in [4.78, 5) is 38.4. The van der Waals surface area contributed by atoms with E-state index in [1.165, 1.54) is 17.8 Å². The average molecular weight is 635 g/mol. The number of carbonyl (C=O) groups excluding carboxylic acids is 2. The van der Waals surface area contributed by atoms with E-state index in [0.717, 1.165) is 35.4 Å². The minimum Gasteiger partial charge on any atom is -0.489 e. The van der Waals surface area contributed by atoms with Crippen LogP contribution in [0, 0.1) is 0 Å². The van der Waals surface area contributed by atoms with Gasteiger partial charge in [-0.15, -0.1) is 0 Å². The first-order valence-corrected chi connectivity index (χ1v) is 14.9. The van der Waals surface area contributed by atoms with Crippen molar-refractivity contribution in [1.29, 1.82) is 0 Å². The zero-order valence-electron chi connectivity index (χ0n) is 23.8. The number of aliphatic carboxylic acids is 1. The average Bonchev–Trinajstić information content (AvgIpc) is 3.03. The Morgan fingerprint density at radius 2 is 1.49 bits per heavy atom. The number of carboxylic acids is 1. The van der Waals surface area contributed by atoms with Gasteiger partial charge in [-0.05, 0) is 59.2 Å². The summed E-state index contributed by atoms with van der Waals surface area (Å²) in [6.07, 6.45) is -3.25. The summed E-state index contributed by atoms with van der Waals surface area (Å²) in [6.45, 7) is 0.285. The van der Waals surface area contributed by atoms with E-state index < -0.39 is 35.6 Å². The van der Waals surface area contributed by atoms with Crippen LogP contribution in [-0.2, 0) is 28.1 Å². The number of hydrogen-bond acceptors (Lipinski definition) is 5. The highest BCUT2D eigenvalue weighted by molar-refractivity contribution is 7.98. The number of thioether (sulfide) groups is 1. The Hall–Kier alpha value is -5.03. The third-order valence-electron chi connectivity index (χ3n) is 6.38. The summed E-state index contributed by atoms with van der Waals surface area (Å²) in [6, 6.07) is 27.7. The molecule has 7 nitrogen and oxygen atoms in total. The van der Waals surface area contributed by atoms with Crippen molar-refractivity contribution >= 4 is 35.6 Å². The van der Waals surface area contributed by atoms with Crippen LogP contribution in [0.1, 0.15) is 32.6 Å². The van der Waals surface area contributed by atoms with E-state index in [1.807, 2.05) is 60.7 Å². The topological polar surface area (TPSA) is 105 Å². The first-order chi connectivity index (χ1) is 21.6. The Bertz CT molecular complexity index is 1630. The van der Waals surface area contributed by atoms with Crippen molar-refractivity contribution in [2.75, 3.05) is 5.75 Å². The van der Waals surface area contributed by atoms with Gasteiger partial charge in [0.2, 0.25) is 0 Å². The number of ether oxygens (including phenoxy) is 1. The minimum absolute atomic E-state index is 0.0406. The van der Waals surface area contributed by atoms with Gasteiger partial charge in [0.1, 0.15) is 24.1 Å². The number of carboxylic acid groups (broad SMARTS) is 1. The summed E-state index contributed by atoms with van der Waals surface area (Å²) in [5, 5.41) is 14.7. The third kappa shape index (κ3) is 10.3. The van der Waals surface area contributed by atoms with Gasteiger partial charge in [0.15, 0.2) is 0 Å². The van der Waals surface area contributed by atoms with Crippen LogP contribution in [0.2, 0.25) is 0 Å². The molecule has 1 atom stereocenters. The molecule has 0 aliphatic rings. The fourth-order valence-electron chi connectivity index (χ4n) is 4.04. The van der Waals surface area contributed by atoms with E-state index in [0.29, 0.717) is 17.1 Å². The number of nitrogens with one attached hydrogen (secondary N) is 2. The van der Waals surface area contributed by atoms with E-state index in [2.05, 4.69) is 10.6 Å². The molecule has 2 amide bonds. The molecule has 232 valence electrons. The van der Waals surface area contributed by atoms with Gasteiger partial charge in [-0.3, -0.25) is 9.59 Å².